The van der Waals surface area contributed by atoms with E-state index in [4.69, 9.17) is 5.73 Å². The van der Waals surface area contributed by atoms with Crippen LogP contribution in [-0.4, -0.2) is 28.5 Å². The third-order valence-electron chi connectivity index (χ3n) is 5.77. The maximum atomic E-state index is 13.7. The number of hydrogen-bond donors (Lipinski definition) is 2. The fraction of sp³-hybridized carbons (Fsp3) is 0.160. The Hall–Kier alpha value is -4.49. The number of rotatable bonds is 4. The molecule has 3 heterocycles. The second-order valence-corrected chi connectivity index (χ2v) is 8.90. The van der Waals surface area contributed by atoms with Gasteiger partial charge in [-0.15, -0.1) is 11.3 Å². The second kappa shape index (κ2) is 9.40. The normalized spacial score (nSPS) is 15.4. The smallest absolute Gasteiger partial charge is 0.332 e. The predicted molar refractivity (Wildman–Crippen MR) is 132 cm³/mol. The van der Waals surface area contributed by atoms with E-state index in [1.54, 1.807) is 30.6 Å². The predicted octanol–water partition coefficient (Wildman–Crippen LogP) is 1.11. The van der Waals surface area contributed by atoms with Crippen molar-refractivity contribution < 1.29 is 14.3 Å². The number of aryl methyl sites for hydroxylation is 2. The van der Waals surface area contributed by atoms with Crippen molar-refractivity contribution in [2.75, 3.05) is 12.4 Å². The first-order valence-electron chi connectivity index (χ1n) is 10.5. The Morgan fingerprint density at radius 1 is 1.23 bits per heavy atom. The number of ether oxygens (including phenoxy) is 1. The van der Waals surface area contributed by atoms with Crippen LogP contribution in [0.5, 0.6) is 0 Å². The molecule has 1 aliphatic heterocycles. The number of hydrogen-bond acceptors (Lipinski definition) is 8. The molecule has 176 valence electrons. The molecular weight excluding hydrogens is 466 g/mol. The number of fused-ring (bicyclic) bond motifs is 1. The standard InChI is InChI=1S/C25H21N5O4S/c1-13-4-5-16(10-14(13)2)29-23(32)21-20(15-6-8-28-9-7-15)17(12-26)22(27)30-24(33)18(35-25(21)30)11-19(31)34-3/h4-11,20H,27H2,1-3H3,(H,29,32)/b18-11-/t20-/m1/s1. The monoisotopic (exact) mass is 487 g/mol. The van der Waals surface area contributed by atoms with Crippen LogP contribution in [0, 0.1) is 25.2 Å². The summed E-state index contributed by atoms with van der Waals surface area (Å²) in [6, 6.07) is 10.9. The zero-order valence-electron chi connectivity index (χ0n) is 19.2. The molecule has 0 radical (unpaired) electrons. The Balaban J connectivity index is 2.03. The molecule has 10 heteroatoms. The number of pyridine rings is 1. The molecule has 1 amide bonds. The number of carbonyl (C=O) groups is 2. The number of esters is 1. The fourth-order valence-electron chi connectivity index (χ4n) is 3.84. The average molecular weight is 488 g/mol. The summed E-state index contributed by atoms with van der Waals surface area (Å²) in [5.41, 5.74) is 9.10. The lowest BCUT2D eigenvalue weighted by Crippen LogP contribution is -2.40. The van der Waals surface area contributed by atoms with Crippen molar-refractivity contribution in [2.45, 2.75) is 19.8 Å². The molecule has 3 N–H and O–H groups in total. The van der Waals surface area contributed by atoms with Crippen LogP contribution in [0.15, 0.2) is 53.1 Å². The lowest BCUT2D eigenvalue weighted by molar-refractivity contribution is -0.133. The molecule has 0 aliphatic carbocycles. The first-order chi connectivity index (χ1) is 16.8. The van der Waals surface area contributed by atoms with E-state index in [0.717, 1.165) is 33.1 Å². The third-order valence-corrected chi connectivity index (χ3v) is 6.88. The average Bonchev–Trinajstić information content (AvgIpc) is 3.17. The van der Waals surface area contributed by atoms with Gasteiger partial charge in [0.2, 0.25) is 0 Å². The molecule has 1 atom stereocenters. The van der Waals surface area contributed by atoms with Crippen LogP contribution in [0.3, 0.4) is 0 Å². The SMILES string of the molecule is COC(=O)/C=c1\sc2n(c1=O)C(N)=C(C#N)[C@@H](c1ccncc1)C=2C(=O)Nc1ccc(C)c(C)c1. The number of nitrogens with one attached hydrogen (secondary N) is 1. The van der Waals surface area contributed by atoms with Gasteiger partial charge >= 0.3 is 5.97 Å². The van der Waals surface area contributed by atoms with Gasteiger partial charge in [0.1, 0.15) is 15.0 Å². The van der Waals surface area contributed by atoms with Gasteiger partial charge < -0.3 is 15.8 Å². The Morgan fingerprint density at radius 3 is 2.57 bits per heavy atom. The van der Waals surface area contributed by atoms with Crippen molar-refractivity contribution in [3.8, 4) is 6.07 Å². The van der Waals surface area contributed by atoms with Crippen molar-refractivity contribution in [2.24, 2.45) is 5.73 Å². The Bertz CT molecular complexity index is 1610. The highest BCUT2D eigenvalue weighted by molar-refractivity contribution is 7.07. The zero-order valence-corrected chi connectivity index (χ0v) is 20.0. The molecule has 0 bridgehead atoms. The third kappa shape index (κ3) is 4.25. The lowest BCUT2D eigenvalue weighted by Gasteiger charge is -2.25. The Kier molecular flexibility index (Phi) is 6.36. The second-order valence-electron chi connectivity index (χ2n) is 7.87. The van der Waals surface area contributed by atoms with Crippen molar-refractivity contribution in [3.63, 3.8) is 0 Å². The maximum Gasteiger partial charge on any atom is 0.332 e. The number of thiazole rings is 1. The highest BCUT2D eigenvalue weighted by Crippen LogP contribution is 2.36. The first kappa shape index (κ1) is 23.7. The molecule has 1 aromatic carbocycles. The van der Waals surface area contributed by atoms with Crippen LogP contribution in [0.25, 0.3) is 17.5 Å². The number of nitrogens with zero attached hydrogens (tertiary/aromatic N) is 3. The summed E-state index contributed by atoms with van der Waals surface area (Å²) >= 11 is 0.930. The van der Waals surface area contributed by atoms with Gasteiger partial charge in [-0.3, -0.25) is 19.1 Å². The molecule has 0 fully saturated rings. The Morgan fingerprint density at radius 2 is 1.94 bits per heavy atom. The van der Waals surface area contributed by atoms with Crippen molar-refractivity contribution >= 4 is 46.4 Å². The summed E-state index contributed by atoms with van der Waals surface area (Å²) in [6.45, 7) is 3.90. The number of nitrogens with two attached hydrogens (primary N) is 1. The van der Waals surface area contributed by atoms with Gasteiger partial charge in [0, 0.05) is 24.2 Å². The molecule has 9 nitrogen and oxygen atoms in total. The Labute approximate surface area is 204 Å². The van der Waals surface area contributed by atoms with E-state index in [-0.39, 0.29) is 26.2 Å². The highest BCUT2D eigenvalue weighted by Gasteiger charge is 2.35. The van der Waals surface area contributed by atoms with Crippen LogP contribution in [0.1, 0.15) is 22.6 Å². The number of nitriles is 1. The molecule has 1 aliphatic rings. The molecule has 0 spiro atoms. The van der Waals surface area contributed by atoms with Gasteiger partial charge in [-0.1, -0.05) is 6.07 Å². The van der Waals surface area contributed by atoms with E-state index in [2.05, 4.69) is 21.1 Å². The molecule has 0 unspecified atom stereocenters. The van der Waals surface area contributed by atoms with Gasteiger partial charge in [0.05, 0.1) is 30.2 Å². The number of anilines is 1. The van der Waals surface area contributed by atoms with E-state index in [1.165, 1.54) is 7.11 Å². The number of methoxy groups -OCH3 is 1. The quantitative estimate of drug-likeness (QED) is 0.526. The van der Waals surface area contributed by atoms with Gasteiger partial charge in [0.15, 0.2) is 0 Å². The minimum Gasteiger partial charge on any atom is -0.466 e. The van der Waals surface area contributed by atoms with Gasteiger partial charge in [-0.2, -0.15) is 5.26 Å². The number of allylic oxidation sites excluding steroid dienone is 1. The molecular formula is C25H21N5O4S. The molecule has 0 saturated heterocycles. The van der Waals surface area contributed by atoms with Gasteiger partial charge in [-0.25, -0.2) is 4.79 Å². The van der Waals surface area contributed by atoms with Crippen molar-refractivity contribution in [1.29, 1.82) is 5.26 Å². The fourth-order valence-corrected chi connectivity index (χ4v) is 4.98. The highest BCUT2D eigenvalue weighted by atomic mass is 32.1. The number of aromatic nitrogens is 2. The van der Waals surface area contributed by atoms with Crippen LogP contribution < -0.4 is 25.8 Å². The zero-order chi connectivity index (χ0) is 25.3. The van der Waals surface area contributed by atoms with Crippen LogP contribution >= 0.6 is 11.3 Å². The maximum absolute atomic E-state index is 13.7. The molecule has 0 saturated carbocycles. The molecule has 35 heavy (non-hydrogen) atoms. The van der Waals surface area contributed by atoms with E-state index in [0.29, 0.717) is 11.3 Å². The van der Waals surface area contributed by atoms with Gasteiger partial charge in [0.25, 0.3) is 11.5 Å². The summed E-state index contributed by atoms with van der Waals surface area (Å²) in [7, 11) is 1.19. The van der Waals surface area contributed by atoms with Gasteiger partial charge in [-0.05, 0) is 54.8 Å². The van der Waals surface area contributed by atoms with Crippen LogP contribution in [0.4, 0.5) is 5.69 Å². The summed E-state index contributed by atoms with van der Waals surface area (Å²) in [5.74, 6) is -2.18. The largest absolute Gasteiger partial charge is 0.466 e. The summed E-state index contributed by atoms with van der Waals surface area (Å²) in [5, 5.41) is 12.9. The minimum absolute atomic E-state index is 0.0268. The molecule has 3 aromatic rings. The van der Waals surface area contributed by atoms with Crippen LogP contribution in [-0.2, 0) is 14.3 Å². The summed E-state index contributed by atoms with van der Waals surface area (Å²) in [6.07, 6.45) is 4.13. The van der Waals surface area contributed by atoms with Crippen molar-refractivity contribution in [3.05, 3.63) is 84.5 Å². The number of amides is 1. The van der Waals surface area contributed by atoms with Crippen LogP contribution in [0.2, 0.25) is 0 Å². The molecule has 4 rings (SSSR count). The first-order valence-corrected chi connectivity index (χ1v) is 11.3. The van der Waals surface area contributed by atoms with E-state index >= 15 is 0 Å². The number of carbonyl (C=O) groups excluding carboxylic acids is 2. The summed E-state index contributed by atoms with van der Waals surface area (Å²) in [4.78, 5) is 42.7. The van der Waals surface area contributed by atoms with E-state index in [1.807, 2.05) is 26.0 Å². The summed E-state index contributed by atoms with van der Waals surface area (Å²) < 4.78 is 6.01. The molecule has 2 aromatic heterocycles. The van der Waals surface area contributed by atoms with E-state index < -0.39 is 23.4 Å². The topological polar surface area (TPSA) is 140 Å². The van der Waals surface area contributed by atoms with E-state index in [9.17, 15) is 19.6 Å². The minimum atomic E-state index is -0.849. The van der Waals surface area contributed by atoms with Crippen molar-refractivity contribution in [1.82, 2.24) is 9.55 Å². The number of benzene rings is 1. The lowest BCUT2D eigenvalue weighted by atomic mass is 9.84.